The number of hydrogen-bond donors (Lipinski definition) is 1. The molecule has 6 heteroatoms. The summed E-state index contributed by atoms with van der Waals surface area (Å²) >= 11 is 0. The molecule has 0 fully saturated rings. The first kappa shape index (κ1) is 11.1. The Balaban J connectivity index is 2.97. The predicted molar refractivity (Wildman–Crippen MR) is 64.1 cm³/mol. The Morgan fingerprint density at radius 3 is 2.82 bits per heavy atom. The van der Waals surface area contributed by atoms with Crippen molar-refractivity contribution in [3.8, 4) is 5.75 Å². The quantitative estimate of drug-likeness (QED) is 0.487. The second-order valence-electron chi connectivity index (χ2n) is 3.62. The number of nitro groups is 1. The zero-order valence-corrected chi connectivity index (χ0v) is 9.43. The maximum absolute atomic E-state index is 11.0. The molecular formula is C11H11N3O3. The summed E-state index contributed by atoms with van der Waals surface area (Å²) < 4.78 is 5.04. The van der Waals surface area contributed by atoms with Crippen LogP contribution >= 0.6 is 0 Å². The highest BCUT2D eigenvalue weighted by Crippen LogP contribution is 2.37. The number of methoxy groups -OCH3 is 1. The van der Waals surface area contributed by atoms with Gasteiger partial charge in [-0.2, -0.15) is 0 Å². The molecule has 2 rings (SSSR count). The minimum atomic E-state index is -0.489. The number of ether oxygens (including phenoxy) is 1. The Bertz CT molecular complexity index is 610. The molecule has 1 aromatic carbocycles. The van der Waals surface area contributed by atoms with Crippen LogP contribution in [0.1, 0.15) is 5.56 Å². The van der Waals surface area contributed by atoms with Gasteiger partial charge in [0.25, 0.3) is 5.69 Å². The van der Waals surface area contributed by atoms with Gasteiger partial charge >= 0.3 is 0 Å². The molecule has 6 nitrogen and oxygen atoms in total. The number of hydrogen-bond acceptors (Lipinski definition) is 5. The van der Waals surface area contributed by atoms with Gasteiger partial charge in [-0.05, 0) is 18.6 Å². The van der Waals surface area contributed by atoms with Gasteiger partial charge in [-0.15, -0.1) is 0 Å². The lowest BCUT2D eigenvalue weighted by Gasteiger charge is -2.09. The van der Waals surface area contributed by atoms with Crippen LogP contribution < -0.4 is 10.5 Å². The number of aryl methyl sites for hydroxylation is 1. The monoisotopic (exact) mass is 233 g/mol. The summed E-state index contributed by atoms with van der Waals surface area (Å²) in [6.45, 7) is 1.82. The van der Waals surface area contributed by atoms with E-state index in [4.69, 9.17) is 10.5 Å². The number of fused-ring (bicyclic) bond motifs is 1. The summed E-state index contributed by atoms with van der Waals surface area (Å²) in [5.74, 6) is 0.292. The smallest absolute Gasteiger partial charge is 0.299 e. The summed E-state index contributed by atoms with van der Waals surface area (Å²) in [6, 6.07) is 3.05. The van der Waals surface area contributed by atoms with Gasteiger partial charge in [0.1, 0.15) is 5.75 Å². The molecule has 0 bridgehead atoms. The van der Waals surface area contributed by atoms with Crippen molar-refractivity contribution in [1.29, 1.82) is 0 Å². The van der Waals surface area contributed by atoms with Gasteiger partial charge in [-0.25, -0.2) is 4.98 Å². The molecule has 0 radical (unpaired) electrons. The summed E-state index contributed by atoms with van der Waals surface area (Å²) in [5.41, 5.74) is 7.30. The normalized spacial score (nSPS) is 10.5. The van der Waals surface area contributed by atoms with Gasteiger partial charge in [0.15, 0.2) is 5.52 Å². The minimum absolute atomic E-state index is 0.102. The molecule has 0 spiro atoms. The number of benzene rings is 1. The molecule has 0 aliphatic heterocycles. The Labute approximate surface area is 97.2 Å². The van der Waals surface area contributed by atoms with Crippen molar-refractivity contribution in [3.05, 3.63) is 34.0 Å². The van der Waals surface area contributed by atoms with Crippen LogP contribution in [0.15, 0.2) is 18.3 Å². The van der Waals surface area contributed by atoms with Crippen LogP contribution in [0.25, 0.3) is 10.9 Å². The largest absolute Gasteiger partial charge is 0.494 e. The van der Waals surface area contributed by atoms with Crippen molar-refractivity contribution in [3.63, 3.8) is 0 Å². The Hall–Kier alpha value is -2.37. The number of nitrogen functional groups attached to an aromatic ring is 1. The van der Waals surface area contributed by atoms with Crippen LogP contribution in [0.5, 0.6) is 5.75 Å². The molecule has 88 valence electrons. The van der Waals surface area contributed by atoms with Crippen LogP contribution in [0.3, 0.4) is 0 Å². The third kappa shape index (κ3) is 1.63. The van der Waals surface area contributed by atoms with Crippen LogP contribution in [-0.4, -0.2) is 17.0 Å². The average molecular weight is 233 g/mol. The van der Waals surface area contributed by atoms with Crippen molar-refractivity contribution in [2.24, 2.45) is 0 Å². The summed E-state index contributed by atoms with van der Waals surface area (Å²) in [4.78, 5) is 14.5. The number of nitro benzene ring substituents is 1. The SMILES string of the molecule is COc1cc([N+](=O)[O-])c2nccc(C)c2c1N. The standard InChI is InChI=1S/C11H11N3O3/c1-6-3-4-13-11-7(14(15)16)5-8(17-2)10(12)9(6)11/h3-5H,12H2,1-2H3. The number of anilines is 1. The van der Waals surface area contributed by atoms with Gasteiger partial charge in [0.2, 0.25) is 0 Å². The number of rotatable bonds is 2. The predicted octanol–water partition coefficient (Wildman–Crippen LogP) is 2.04. The molecule has 0 amide bonds. The van der Waals surface area contributed by atoms with Gasteiger partial charge < -0.3 is 10.5 Å². The van der Waals surface area contributed by atoms with E-state index >= 15 is 0 Å². The van der Waals surface area contributed by atoms with Crippen molar-refractivity contribution in [2.75, 3.05) is 12.8 Å². The van der Waals surface area contributed by atoms with E-state index in [-0.39, 0.29) is 11.2 Å². The lowest BCUT2D eigenvalue weighted by atomic mass is 10.1. The van der Waals surface area contributed by atoms with Crippen molar-refractivity contribution in [1.82, 2.24) is 4.98 Å². The van der Waals surface area contributed by atoms with E-state index in [2.05, 4.69) is 4.98 Å². The highest BCUT2D eigenvalue weighted by molar-refractivity contribution is 6.01. The number of pyridine rings is 1. The van der Waals surface area contributed by atoms with E-state index < -0.39 is 4.92 Å². The number of non-ortho nitro benzene ring substituents is 1. The zero-order chi connectivity index (χ0) is 12.6. The first-order valence-electron chi connectivity index (χ1n) is 4.92. The third-order valence-corrected chi connectivity index (χ3v) is 2.62. The molecule has 1 heterocycles. The Kier molecular flexibility index (Phi) is 2.55. The molecular weight excluding hydrogens is 222 g/mol. The molecule has 0 aliphatic rings. The fraction of sp³-hybridized carbons (Fsp3) is 0.182. The van der Waals surface area contributed by atoms with Crippen molar-refractivity contribution < 1.29 is 9.66 Å². The Morgan fingerprint density at radius 2 is 2.24 bits per heavy atom. The fourth-order valence-electron chi connectivity index (χ4n) is 1.79. The number of aromatic nitrogens is 1. The topological polar surface area (TPSA) is 91.3 Å². The van der Waals surface area contributed by atoms with E-state index in [0.717, 1.165) is 5.56 Å². The molecule has 2 aromatic rings. The van der Waals surface area contributed by atoms with Gasteiger partial charge in [0, 0.05) is 11.6 Å². The second kappa shape index (κ2) is 3.89. The van der Waals surface area contributed by atoms with Crippen LogP contribution in [0.4, 0.5) is 11.4 Å². The molecule has 0 atom stereocenters. The summed E-state index contributed by atoms with van der Waals surface area (Å²) in [6.07, 6.45) is 1.52. The van der Waals surface area contributed by atoms with Gasteiger partial charge in [-0.3, -0.25) is 10.1 Å². The van der Waals surface area contributed by atoms with Crippen LogP contribution in [-0.2, 0) is 0 Å². The third-order valence-electron chi connectivity index (χ3n) is 2.62. The molecule has 2 N–H and O–H groups in total. The highest BCUT2D eigenvalue weighted by Gasteiger charge is 2.20. The molecule has 17 heavy (non-hydrogen) atoms. The number of nitrogens with zero attached hydrogens (tertiary/aromatic N) is 2. The van der Waals surface area contributed by atoms with Crippen molar-refractivity contribution in [2.45, 2.75) is 6.92 Å². The minimum Gasteiger partial charge on any atom is -0.494 e. The maximum Gasteiger partial charge on any atom is 0.299 e. The fourth-order valence-corrected chi connectivity index (χ4v) is 1.79. The maximum atomic E-state index is 11.0. The first-order valence-corrected chi connectivity index (χ1v) is 4.92. The van der Waals surface area contributed by atoms with E-state index in [1.807, 2.05) is 6.92 Å². The first-order chi connectivity index (χ1) is 8.06. The molecule has 0 saturated carbocycles. The number of nitrogens with two attached hydrogens (primary N) is 1. The average Bonchev–Trinajstić information content (AvgIpc) is 2.29. The van der Waals surface area contributed by atoms with E-state index in [9.17, 15) is 10.1 Å². The molecule has 0 saturated heterocycles. The van der Waals surface area contributed by atoms with Gasteiger partial charge in [-0.1, -0.05) is 0 Å². The highest BCUT2D eigenvalue weighted by atomic mass is 16.6. The van der Waals surface area contributed by atoms with E-state index in [1.165, 1.54) is 19.4 Å². The lowest BCUT2D eigenvalue weighted by molar-refractivity contribution is -0.383. The second-order valence-corrected chi connectivity index (χ2v) is 3.62. The van der Waals surface area contributed by atoms with Gasteiger partial charge in [0.05, 0.1) is 23.8 Å². The lowest BCUT2D eigenvalue weighted by Crippen LogP contribution is -2.00. The molecule has 1 aromatic heterocycles. The zero-order valence-electron chi connectivity index (χ0n) is 9.43. The van der Waals surface area contributed by atoms with E-state index in [1.54, 1.807) is 6.07 Å². The van der Waals surface area contributed by atoms with Crippen LogP contribution in [0, 0.1) is 17.0 Å². The molecule has 0 aliphatic carbocycles. The Morgan fingerprint density at radius 1 is 1.53 bits per heavy atom. The van der Waals surface area contributed by atoms with Crippen molar-refractivity contribution >= 4 is 22.3 Å². The summed E-state index contributed by atoms with van der Waals surface area (Å²) in [7, 11) is 1.42. The molecule has 0 unspecified atom stereocenters. The summed E-state index contributed by atoms with van der Waals surface area (Å²) in [5, 5.41) is 11.5. The van der Waals surface area contributed by atoms with E-state index in [0.29, 0.717) is 16.8 Å². The van der Waals surface area contributed by atoms with Crippen LogP contribution in [0.2, 0.25) is 0 Å².